The molecule has 11 heteroatoms. The summed E-state index contributed by atoms with van der Waals surface area (Å²) in [5.41, 5.74) is 1.20. The molecule has 0 radical (unpaired) electrons. The number of unbranched alkanes of at least 4 members (excludes halogenated alkanes) is 1. The highest BCUT2D eigenvalue weighted by Gasteiger charge is 2.75. The molecular weight excluding hydrogens is 648 g/mol. The molecule has 0 aliphatic carbocycles. The van der Waals surface area contributed by atoms with Crippen LogP contribution in [0.1, 0.15) is 64.0 Å². The molecule has 0 aromatic heterocycles. The molecule has 3 fully saturated rings. The molecule has 0 saturated carbocycles. The molecule has 2 aromatic rings. The largest absolute Gasteiger partial charge is 0.455 e. The predicted octanol–water partition coefficient (Wildman–Crippen LogP) is 4.57. The Labute approximate surface area is 301 Å². The summed E-state index contributed by atoms with van der Waals surface area (Å²) in [5, 5.41) is 12.4. The lowest BCUT2D eigenvalue weighted by atomic mass is 9.70. The van der Waals surface area contributed by atoms with E-state index in [0.717, 1.165) is 18.8 Å². The Bertz CT molecular complexity index is 1550. The fourth-order valence-corrected chi connectivity index (χ4v) is 8.01. The molecule has 5 rings (SSSR count). The van der Waals surface area contributed by atoms with E-state index in [9.17, 15) is 24.3 Å². The van der Waals surface area contributed by atoms with E-state index < -0.39 is 41.7 Å². The van der Waals surface area contributed by atoms with Crippen LogP contribution in [0, 0.1) is 11.8 Å². The van der Waals surface area contributed by atoms with Crippen molar-refractivity contribution in [3.05, 3.63) is 85.5 Å². The number of rotatable bonds is 19. The SMILES string of the molecule is C=CCCC(=O)NC[C@H](OC(=O)[C@@H]1[C@H]2C(=O)N(CCCCO)[C@H](C(=O)N(CC=C)c3ccc(N(CC)CC)cc3)[C@]23CC[C@H]1O3)c1ccccc1. The fraction of sp³-hybridized carbons (Fsp3) is 0.500. The number of carbonyl (C=O) groups excluding carboxylic acids is 4. The van der Waals surface area contributed by atoms with Crippen molar-refractivity contribution >= 4 is 35.1 Å². The van der Waals surface area contributed by atoms with Gasteiger partial charge in [0.25, 0.3) is 5.91 Å². The summed E-state index contributed by atoms with van der Waals surface area (Å²) < 4.78 is 12.8. The first-order chi connectivity index (χ1) is 24.7. The third-order valence-electron chi connectivity index (χ3n) is 10.5. The topological polar surface area (TPSA) is 129 Å². The van der Waals surface area contributed by atoms with Gasteiger partial charge in [-0.1, -0.05) is 42.5 Å². The summed E-state index contributed by atoms with van der Waals surface area (Å²) >= 11 is 0. The molecule has 3 heterocycles. The maximum absolute atomic E-state index is 14.8. The van der Waals surface area contributed by atoms with Gasteiger partial charge in [0, 0.05) is 50.6 Å². The first-order valence-electron chi connectivity index (χ1n) is 18.2. The van der Waals surface area contributed by atoms with Crippen LogP contribution in [0.2, 0.25) is 0 Å². The van der Waals surface area contributed by atoms with E-state index in [2.05, 4.69) is 37.2 Å². The Morgan fingerprint density at radius 3 is 2.41 bits per heavy atom. The molecule has 3 aliphatic heterocycles. The zero-order valence-corrected chi connectivity index (χ0v) is 29.9. The van der Waals surface area contributed by atoms with Crippen molar-refractivity contribution in [2.24, 2.45) is 11.8 Å². The number of ether oxygens (including phenoxy) is 2. The number of nitrogens with one attached hydrogen (secondary N) is 1. The molecule has 1 spiro atoms. The lowest BCUT2D eigenvalue weighted by Gasteiger charge is -2.37. The molecule has 0 unspecified atom stereocenters. The van der Waals surface area contributed by atoms with Crippen molar-refractivity contribution in [2.45, 2.75) is 76.2 Å². The zero-order valence-electron chi connectivity index (χ0n) is 29.9. The minimum Gasteiger partial charge on any atom is -0.455 e. The number of aliphatic hydroxyl groups excluding tert-OH is 1. The maximum Gasteiger partial charge on any atom is 0.313 e. The molecule has 2 N–H and O–H groups in total. The Morgan fingerprint density at radius 2 is 1.76 bits per heavy atom. The lowest BCUT2D eigenvalue weighted by Crippen LogP contribution is -2.56. The fourth-order valence-electron chi connectivity index (χ4n) is 8.01. The van der Waals surface area contributed by atoms with Crippen LogP contribution in [0.5, 0.6) is 0 Å². The van der Waals surface area contributed by atoms with Crippen LogP contribution < -0.4 is 15.1 Å². The monoisotopic (exact) mass is 700 g/mol. The molecule has 274 valence electrons. The molecule has 3 amide bonds. The highest BCUT2D eigenvalue weighted by atomic mass is 16.6. The summed E-state index contributed by atoms with van der Waals surface area (Å²) in [4.78, 5) is 61.4. The van der Waals surface area contributed by atoms with Crippen LogP contribution in [-0.4, -0.2) is 90.8 Å². The van der Waals surface area contributed by atoms with Crippen LogP contribution >= 0.6 is 0 Å². The van der Waals surface area contributed by atoms with E-state index in [4.69, 9.17) is 9.47 Å². The van der Waals surface area contributed by atoms with E-state index in [1.165, 1.54) is 0 Å². The number of aliphatic hydroxyl groups is 1. The number of carbonyl (C=O) groups is 4. The number of fused-ring (bicyclic) bond motifs is 1. The van der Waals surface area contributed by atoms with Crippen molar-refractivity contribution in [3.8, 4) is 0 Å². The number of allylic oxidation sites excluding steroid dienone is 1. The van der Waals surface area contributed by atoms with E-state index in [1.807, 2.05) is 54.6 Å². The molecule has 11 nitrogen and oxygen atoms in total. The Hall–Kier alpha value is -4.48. The van der Waals surface area contributed by atoms with Gasteiger partial charge in [-0.2, -0.15) is 0 Å². The number of hydrogen-bond acceptors (Lipinski definition) is 8. The highest BCUT2D eigenvalue weighted by Crippen LogP contribution is 2.59. The Balaban J connectivity index is 1.44. The van der Waals surface area contributed by atoms with Gasteiger partial charge >= 0.3 is 5.97 Å². The summed E-state index contributed by atoms with van der Waals surface area (Å²) in [5.74, 6) is -3.24. The third kappa shape index (κ3) is 7.74. The molecule has 3 aliphatic rings. The second-order valence-electron chi connectivity index (χ2n) is 13.4. The van der Waals surface area contributed by atoms with E-state index in [0.29, 0.717) is 43.4 Å². The smallest absolute Gasteiger partial charge is 0.313 e. The number of anilines is 2. The standard InChI is InChI=1S/C40H52N4O7/c1-5-9-17-33(46)41-27-32(28-15-11-10-12-16-28)50-39(49)34-31-22-23-40(51-31)35(34)37(47)44(25-13-14-26-45)36(40)38(48)43(24-6-2)30-20-18-29(19-21-30)42(7-3)8-4/h5-6,10-12,15-16,18-21,31-32,34-36,45H,1-2,7-9,13-14,17,22-27H2,3-4H3,(H,41,46)/t31-,32+,34+,35+,36-,40+/m1/s1. The minimum absolute atomic E-state index is 0.0464. The summed E-state index contributed by atoms with van der Waals surface area (Å²) in [6.07, 6.45) is 4.59. The summed E-state index contributed by atoms with van der Waals surface area (Å²) in [6.45, 7) is 13.9. The van der Waals surface area contributed by atoms with Gasteiger partial charge in [-0.25, -0.2) is 0 Å². The van der Waals surface area contributed by atoms with Crippen LogP contribution in [0.15, 0.2) is 79.9 Å². The van der Waals surface area contributed by atoms with E-state index in [-0.39, 0.29) is 50.4 Å². The van der Waals surface area contributed by atoms with Crippen molar-refractivity contribution in [2.75, 3.05) is 49.1 Å². The van der Waals surface area contributed by atoms with E-state index >= 15 is 0 Å². The van der Waals surface area contributed by atoms with Crippen molar-refractivity contribution in [1.29, 1.82) is 0 Å². The van der Waals surface area contributed by atoms with Crippen LogP contribution in [0.3, 0.4) is 0 Å². The number of benzene rings is 2. The second kappa shape index (κ2) is 17.2. The Kier molecular flexibility index (Phi) is 12.7. The van der Waals surface area contributed by atoms with Crippen LogP contribution in [-0.2, 0) is 28.7 Å². The lowest BCUT2D eigenvalue weighted by molar-refractivity contribution is -0.160. The molecule has 51 heavy (non-hydrogen) atoms. The highest BCUT2D eigenvalue weighted by molar-refractivity contribution is 6.04. The predicted molar refractivity (Wildman–Crippen MR) is 196 cm³/mol. The number of amides is 3. The van der Waals surface area contributed by atoms with Crippen molar-refractivity contribution < 1.29 is 33.8 Å². The minimum atomic E-state index is -1.22. The average molecular weight is 701 g/mol. The number of nitrogens with zero attached hydrogens (tertiary/aromatic N) is 3. The Morgan fingerprint density at radius 1 is 1.06 bits per heavy atom. The second-order valence-corrected chi connectivity index (χ2v) is 13.4. The van der Waals surface area contributed by atoms with Gasteiger partial charge in [0.05, 0.1) is 24.5 Å². The molecular formula is C40H52N4O7. The number of hydrogen-bond donors (Lipinski definition) is 2. The van der Waals surface area contributed by atoms with Gasteiger partial charge in [0.15, 0.2) is 0 Å². The van der Waals surface area contributed by atoms with Gasteiger partial charge in [-0.05, 0) is 75.8 Å². The van der Waals surface area contributed by atoms with Gasteiger partial charge in [0.2, 0.25) is 11.8 Å². The van der Waals surface area contributed by atoms with Crippen LogP contribution in [0.4, 0.5) is 11.4 Å². The van der Waals surface area contributed by atoms with Gasteiger partial charge in [0.1, 0.15) is 17.7 Å². The van der Waals surface area contributed by atoms with Crippen molar-refractivity contribution in [1.82, 2.24) is 10.2 Å². The number of esters is 1. The molecule has 3 saturated heterocycles. The van der Waals surface area contributed by atoms with Gasteiger partial charge in [-0.15, -0.1) is 13.2 Å². The third-order valence-corrected chi connectivity index (χ3v) is 10.5. The number of likely N-dealkylation sites (tertiary alicyclic amines) is 1. The average Bonchev–Trinajstić information content (AvgIpc) is 3.79. The normalized spacial score (nSPS) is 23.7. The van der Waals surface area contributed by atoms with Crippen LogP contribution in [0.25, 0.3) is 0 Å². The molecule has 2 bridgehead atoms. The van der Waals surface area contributed by atoms with E-state index in [1.54, 1.807) is 22.0 Å². The summed E-state index contributed by atoms with van der Waals surface area (Å²) in [7, 11) is 0. The molecule has 6 atom stereocenters. The molecule has 2 aromatic carbocycles. The zero-order chi connectivity index (χ0) is 36.5. The maximum atomic E-state index is 14.8. The van der Waals surface area contributed by atoms with Gasteiger partial charge < -0.3 is 34.6 Å². The first-order valence-corrected chi connectivity index (χ1v) is 18.2. The quantitative estimate of drug-likeness (QED) is 0.124. The summed E-state index contributed by atoms with van der Waals surface area (Å²) in [6, 6.07) is 16.0. The first kappa shape index (κ1) is 37.8. The van der Waals surface area contributed by atoms with Crippen molar-refractivity contribution in [3.63, 3.8) is 0 Å². The van der Waals surface area contributed by atoms with Gasteiger partial charge in [-0.3, -0.25) is 19.2 Å².